The van der Waals surface area contributed by atoms with Crippen molar-refractivity contribution in [2.45, 2.75) is 0 Å². The quantitative estimate of drug-likeness (QED) is 0.316. The average molecular weight is 500 g/mol. The third kappa shape index (κ3) is 3.39. The van der Waals surface area contributed by atoms with Crippen molar-refractivity contribution in [3.63, 3.8) is 0 Å². The second-order valence-corrected chi connectivity index (χ2v) is 8.44. The molecule has 0 fully saturated rings. The van der Waals surface area contributed by atoms with Crippen LogP contribution in [0.15, 0.2) is 76.0 Å². The number of benzene rings is 3. The first-order chi connectivity index (χ1) is 17.4. The second kappa shape index (κ2) is 8.07. The van der Waals surface area contributed by atoms with E-state index in [0.717, 1.165) is 4.90 Å². The van der Waals surface area contributed by atoms with Crippen LogP contribution in [0.2, 0.25) is 5.02 Å². The standard InChI is InChI=1S/C25H14ClN5O5/c26-13-8-9-17(16(11-13)21-29-25(35)36-30-21)28-22(32)18-10-12-4-3-7-19(20(12)27-18)31-23(33)14-5-1-2-6-15(14)24(31)34/h1-11,27H,(H,28,32)(H,29,30,35). The molecule has 0 spiro atoms. The molecule has 0 unspecified atom stereocenters. The van der Waals surface area contributed by atoms with Crippen LogP contribution in [0.5, 0.6) is 0 Å². The van der Waals surface area contributed by atoms with Gasteiger partial charge in [-0.1, -0.05) is 41.0 Å². The van der Waals surface area contributed by atoms with Crippen LogP contribution in [-0.4, -0.2) is 32.8 Å². The van der Waals surface area contributed by atoms with Crippen LogP contribution in [0.4, 0.5) is 11.4 Å². The molecule has 0 aliphatic carbocycles. The van der Waals surface area contributed by atoms with Gasteiger partial charge in [0.2, 0.25) is 0 Å². The number of carbonyl (C=O) groups excluding carboxylic acids is 3. The molecule has 6 rings (SSSR count). The number of hydrogen-bond acceptors (Lipinski definition) is 6. The number of aromatic amines is 2. The highest BCUT2D eigenvalue weighted by Gasteiger charge is 2.37. The summed E-state index contributed by atoms with van der Waals surface area (Å²) >= 11 is 6.09. The molecule has 3 aromatic carbocycles. The monoisotopic (exact) mass is 499 g/mol. The third-order valence-corrected chi connectivity index (χ3v) is 6.07. The van der Waals surface area contributed by atoms with Crippen molar-refractivity contribution in [1.82, 2.24) is 15.1 Å². The van der Waals surface area contributed by atoms with E-state index in [1.807, 2.05) is 0 Å². The van der Waals surface area contributed by atoms with Gasteiger partial charge < -0.3 is 10.3 Å². The molecule has 176 valence electrons. The Morgan fingerprint density at radius 2 is 1.64 bits per heavy atom. The van der Waals surface area contributed by atoms with Crippen LogP contribution >= 0.6 is 11.6 Å². The number of anilines is 2. The van der Waals surface area contributed by atoms with E-state index < -0.39 is 23.5 Å². The highest BCUT2D eigenvalue weighted by atomic mass is 35.5. The predicted molar refractivity (Wildman–Crippen MR) is 131 cm³/mol. The molecule has 5 aromatic rings. The van der Waals surface area contributed by atoms with Crippen molar-refractivity contribution in [1.29, 1.82) is 0 Å². The number of amides is 3. The number of aromatic nitrogens is 3. The van der Waals surface area contributed by atoms with Crippen molar-refractivity contribution in [3.05, 3.63) is 99.1 Å². The van der Waals surface area contributed by atoms with Gasteiger partial charge in [-0.05, 0) is 42.5 Å². The Morgan fingerprint density at radius 3 is 2.33 bits per heavy atom. The Hall–Kier alpha value is -4.96. The lowest BCUT2D eigenvalue weighted by Gasteiger charge is -2.15. The Bertz CT molecular complexity index is 1750. The van der Waals surface area contributed by atoms with E-state index in [0.29, 0.717) is 44.0 Å². The van der Waals surface area contributed by atoms with Gasteiger partial charge >= 0.3 is 5.76 Å². The highest BCUT2D eigenvalue weighted by molar-refractivity contribution is 6.36. The Labute approximate surface area is 206 Å². The molecule has 1 aliphatic heterocycles. The molecule has 0 bridgehead atoms. The Balaban J connectivity index is 1.36. The van der Waals surface area contributed by atoms with Crippen LogP contribution in [0.25, 0.3) is 22.3 Å². The number of hydrogen-bond donors (Lipinski definition) is 3. The summed E-state index contributed by atoms with van der Waals surface area (Å²) in [4.78, 5) is 57.1. The van der Waals surface area contributed by atoms with Crippen LogP contribution in [0.1, 0.15) is 31.2 Å². The molecule has 36 heavy (non-hydrogen) atoms. The number of imide groups is 1. The summed E-state index contributed by atoms with van der Waals surface area (Å²) in [6.07, 6.45) is 0. The fourth-order valence-corrected chi connectivity index (χ4v) is 4.39. The first-order valence-electron chi connectivity index (χ1n) is 10.7. The Morgan fingerprint density at radius 1 is 0.889 bits per heavy atom. The highest BCUT2D eigenvalue weighted by Crippen LogP contribution is 2.34. The smallest absolute Gasteiger partial charge is 0.349 e. The zero-order chi connectivity index (χ0) is 25.0. The maximum Gasteiger partial charge on any atom is 0.439 e. The molecule has 0 saturated carbocycles. The fraction of sp³-hybridized carbons (Fsp3) is 0. The molecule has 1 aliphatic rings. The topological polar surface area (TPSA) is 141 Å². The van der Waals surface area contributed by atoms with Crippen molar-refractivity contribution in [2.24, 2.45) is 0 Å². The lowest BCUT2D eigenvalue weighted by molar-refractivity contribution is 0.0925. The van der Waals surface area contributed by atoms with E-state index in [9.17, 15) is 19.2 Å². The normalized spacial score (nSPS) is 12.9. The molecule has 0 atom stereocenters. The molecule has 3 N–H and O–H groups in total. The summed E-state index contributed by atoms with van der Waals surface area (Å²) in [5.74, 6) is -2.03. The number of fused-ring (bicyclic) bond motifs is 2. The molecule has 3 amide bonds. The van der Waals surface area contributed by atoms with Gasteiger partial charge in [0, 0.05) is 16.0 Å². The van der Waals surface area contributed by atoms with Gasteiger partial charge in [-0.3, -0.25) is 23.9 Å². The van der Waals surface area contributed by atoms with E-state index in [2.05, 4.69) is 25.0 Å². The third-order valence-electron chi connectivity index (χ3n) is 5.84. The maximum absolute atomic E-state index is 13.2. The van der Waals surface area contributed by atoms with Gasteiger partial charge in [-0.25, -0.2) is 9.69 Å². The first-order valence-corrected chi connectivity index (χ1v) is 11.1. The Kier molecular flexibility index (Phi) is 4.83. The van der Waals surface area contributed by atoms with Crippen LogP contribution in [-0.2, 0) is 0 Å². The molecule has 3 heterocycles. The summed E-state index contributed by atoms with van der Waals surface area (Å²) in [6, 6.07) is 18.0. The minimum absolute atomic E-state index is 0.0994. The van der Waals surface area contributed by atoms with Crippen LogP contribution < -0.4 is 16.0 Å². The average Bonchev–Trinajstić information content (AvgIpc) is 3.57. The molecule has 11 heteroatoms. The van der Waals surface area contributed by atoms with Crippen molar-refractivity contribution < 1.29 is 18.9 Å². The molecule has 2 aromatic heterocycles. The second-order valence-electron chi connectivity index (χ2n) is 8.00. The van der Waals surface area contributed by atoms with Crippen molar-refractivity contribution >= 4 is 51.6 Å². The first kappa shape index (κ1) is 21.6. The SMILES string of the molecule is O=C(Nc1ccc(Cl)cc1-c1noc(=O)[nH]1)c1cc2cccc(N3C(=O)c4ccccc4C3=O)c2[nH]1. The van der Waals surface area contributed by atoms with Crippen molar-refractivity contribution in [3.8, 4) is 11.4 Å². The number of nitrogens with one attached hydrogen (secondary N) is 3. The van der Waals surface area contributed by atoms with Gasteiger partial charge in [0.25, 0.3) is 17.7 Å². The molecule has 10 nitrogen and oxygen atoms in total. The summed E-state index contributed by atoms with van der Waals surface area (Å²) in [5.41, 5.74) is 2.30. The molecular weight excluding hydrogens is 486 g/mol. The summed E-state index contributed by atoms with van der Waals surface area (Å²) in [6.45, 7) is 0. The number of nitrogens with zero attached hydrogens (tertiary/aromatic N) is 2. The zero-order valence-corrected chi connectivity index (χ0v) is 18.9. The minimum atomic E-state index is -0.751. The fourth-order valence-electron chi connectivity index (χ4n) is 4.21. The number of H-pyrrole nitrogens is 2. The van der Waals surface area contributed by atoms with E-state index in [4.69, 9.17) is 11.6 Å². The van der Waals surface area contributed by atoms with Crippen LogP contribution in [0, 0.1) is 0 Å². The molecule has 0 saturated heterocycles. The van der Waals surface area contributed by atoms with E-state index in [1.165, 1.54) is 6.07 Å². The van der Waals surface area contributed by atoms with Crippen molar-refractivity contribution in [2.75, 3.05) is 10.2 Å². The van der Waals surface area contributed by atoms with Gasteiger partial charge in [-0.15, -0.1) is 0 Å². The maximum atomic E-state index is 13.2. The van der Waals surface area contributed by atoms with Gasteiger partial charge in [0.05, 0.1) is 28.0 Å². The number of rotatable bonds is 4. The number of para-hydroxylation sites is 1. The number of carbonyl (C=O) groups is 3. The summed E-state index contributed by atoms with van der Waals surface area (Å²) in [5, 5.41) is 7.42. The van der Waals surface area contributed by atoms with Gasteiger partial charge in [0.15, 0.2) is 5.82 Å². The molecular formula is C25H14ClN5O5. The van der Waals surface area contributed by atoms with Crippen LogP contribution in [0.3, 0.4) is 0 Å². The van der Waals surface area contributed by atoms with Gasteiger partial charge in [-0.2, -0.15) is 0 Å². The predicted octanol–water partition coefficient (Wildman–Crippen LogP) is 4.22. The van der Waals surface area contributed by atoms with Gasteiger partial charge in [0.1, 0.15) is 5.69 Å². The van der Waals surface area contributed by atoms with E-state index in [1.54, 1.807) is 60.7 Å². The number of halogens is 1. The summed E-state index contributed by atoms with van der Waals surface area (Å²) < 4.78 is 4.56. The largest absolute Gasteiger partial charge is 0.439 e. The lowest BCUT2D eigenvalue weighted by atomic mass is 10.1. The minimum Gasteiger partial charge on any atom is -0.349 e. The van der Waals surface area contributed by atoms with E-state index >= 15 is 0 Å². The zero-order valence-electron chi connectivity index (χ0n) is 18.2. The summed E-state index contributed by atoms with van der Waals surface area (Å²) in [7, 11) is 0. The van der Waals surface area contributed by atoms with E-state index in [-0.39, 0.29) is 11.5 Å². The lowest BCUT2D eigenvalue weighted by Crippen LogP contribution is -2.29. The molecule has 0 radical (unpaired) electrons.